The number of aliphatic hydroxyl groups is 2. The second-order valence-corrected chi connectivity index (χ2v) is 28.3. The molecule has 127 heavy (non-hydrogen) atoms. The van der Waals surface area contributed by atoms with Crippen LogP contribution in [-0.4, -0.2) is 326 Å². The smallest absolute Gasteiger partial charge is 0.323 e. The largest absolute Gasteiger partial charge is 0.481 e. The fraction of sp³-hybridized carbons (Fsp3) is 0.644. The number of imidazole rings is 1. The summed E-state index contributed by atoms with van der Waals surface area (Å²) in [6.45, 7) is 14.9. The lowest BCUT2D eigenvalue weighted by Crippen LogP contribution is -2.39. The topological polar surface area (TPSA) is 1090 Å². The Labute approximate surface area is 737 Å². The number of rotatable bonds is 41. The van der Waals surface area contributed by atoms with Gasteiger partial charge in [0, 0.05) is 37.6 Å². The molecule has 16 atom stereocenters. The number of aromatic nitrogens is 2. The number of primary amides is 1. The van der Waals surface area contributed by atoms with Gasteiger partial charge in [-0.1, -0.05) is 84.7 Å². The SMILES string of the molecule is CC(C)C[C@H](N)C(=O)O.CC(C)[C@H](N)C(=O)O.CC[C@H](C)[C@H](N)C(=O)O.CSCC[C@H](N)C(=O)O.C[C@@H](O)[C@H](N)C(=O)O.C[C@H](N)C(=O)O.NC(=O)CC[C@H](N)C(=O)O.NCCCC[C@H](N)C(=O)O.N[C@@H](CCC(=O)O)C(=O)O.N[C@@H](CCC(=O)O)C(=O)O.N[C@@H](CO)C(=O)O.N[C@@H](Cc1ccccc1)C(=O)O.N[C@@H](Cc1cnc[nH]1)C(=O)O.O=C(O)[C@@H]1CCCN1. The molecule has 50 N–H and O–H groups in total. The number of carboxylic acids is 16. The van der Waals surface area contributed by atoms with Crippen LogP contribution < -0.4 is 91.3 Å². The number of carboxylic acid groups (broad SMARTS) is 16. The van der Waals surface area contributed by atoms with E-state index in [4.69, 9.17) is 178 Å². The molecule has 1 saturated heterocycles. The van der Waals surface area contributed by atoms with Gasteiger partial charge in [-0.2, -0.15) is 11.8 Å². The fourth-order valence-corrected chi connectivity index (χ4v) is 6.96. The Morgan fingerprint density at radius 3 is 1.03 bits per heavy atom. The zero-order valence-corrected chi connectivity index (χ0v) is 73.4. The first kappa shape index (κ1) is 139. The number of hydrogen-bond donors (Lipinski definition) is 35. The Hall–Kier alpha value is -10.9. The number of nitrogens with one attached hydrogen (secondary N) is 2. The number of nitrogens with two attached hydrogens (primary N) is 15. The molecule has 1 aliphatic heterocycles. The number of carbonyl (C=O) groups excluding carboxylic acids is 1. The molecule has 1 amide bonds. The predicted octanol–water partition coefficient (Wildman–Crippen LogP) is -5.77. The van der Waals surface area contributed by atoms with Gasteiger partial charge in [0.15, 0.2) is 0 Å². The first-order valence-electron chi connectivity index (χ1n) is 38.2. The van der Waals surface area contributed by atoms with Crippen LogP contribution in [0.25, 0.3) is 0 Å². The zero-order valence-electron chi connectivity index (χ0n) is 72.6. The average Bonchev–Trinajstić information content (AvgIpc) is 0.990. The third-order valence-corrected chi connectivity index (χ3v) is 15.5. The van der Waals surface area contributed by atoms with Crippen molar-refractivity contribution < 1.29 is 173 Å². The normalized spacial score (nSPS) is 14.5. The van der Waals surface area contributed by atoms with E-state index in [1.165, 1.54) is 20.2 Å². The minimum atomic E-state index is -1.18. The summed E-state index contributed by atoms with van der Waals surface area (Å²) in [7, 11) is 0. The lowest BCUT2D eigenvalue weighted by atomic mass is 10.0. The Kier molecular flexibility index (Phi) is 95.6. The Morgan fingerprint density at radius 2 is 0.819 bits per heavy atom. The molecule has 740 valence electrons. The number of benzene rings is 1. The minimum Gasteiger partial charge on any atom is -0.481 e. The van der Waals surface area contributed by atoms with Crippen LogP contribution in [0.5, 0.6) is 0 Å². The van der Waals surface area contributed by atoms with Gasteiger partial charge in [-0.15, -0.1) is 0 Å². The highest BCUT2D eigenvalue weighted by Crippen LogP contribution is 2.07. The van der Waals surface area contributed by atoms with Crippen molar-refractivity contribution in [3.8, 4) is 0 Å². The lowest BCUT2D eigenvalue weighted by Gasteiger charge is -2.11. The first-order chi connectivity index (χ1) is 58.2. The number of hydrogen-bond acceptors (Lipinski definition) is 36. The van der Waals surface area contributed by atoms with Gasteiger partial charge in [0.25, 0.3) is 0 Å². The van der Waals surface area contributed by atoms with Gasteiger partial charge >= 0.3 is 95.5 Å². The van der Waals surface area contributed by atoms with E-state index in [0.29, 0.717) is 38.1 Å². The van der Waals surface area contributed by atoms with E-state index in [1.54, 1.807) is 31.8 Å². The number of carbonyl (C=O) groups is 17. The van der Waals surface area contributed by atoms with Crippen molar-refractivity contribution in [1.29, 1.82) is 0 Å². The summed E-state index contributed by atoms with van der Waals surface area (Å²) in [5, 5.41) is 151. The van der Waals surface area contributed by atoms with Gasteiger partial charge in [0.1, 0.15) is 84.6 Å². The van der Waals surface area contributed by atoms with Crippen molar-refractivity contribution in [3.05, 3.63) is 54.1 Å². The van der Waals surface area contributed by atoms with Crippen LogP contribution in [0.3, 0.4) is 0 Å². The van der Waals surface area contributed by atoms with Gasteiger partial charge in [-0.05, 0) is 126 Å². The highest BCUT2D eigenvalue weighted by atomic mass is 32.2. The lowest BCUT2D eigenvalue weighted by molar-refractivity contribution is -0.141. The summed E-state index contributed by atoms with van der Waals surface area (Å²) in [6.07, 6.45) is 10.2. The number of unbranched alkanes of at least 4 members (excludes halogenated alkanes) is 1. The summed E-state index contributed by atoms with van der Waals surface area (Å²) in [4.78, 5) is 177. The van der Waals surface area contributed by atoms with Gasteiger partial charge in [0.2, 0.25) is 5.91 Å². The maximum Gasteiger partial charge on any atom is 0.323 e. The molecule has 0 spiro atoms. The molecule has 0 bridgehead atoms. The van der Waals surface area contributed by atoms with Gasteiger partial charge < -0.3 is 188 Å². The van der Waals surface area contributed by atoms with E-state index in [2.05, 4.69) is 15.3 Å². The van der Waals surface area contributed by atoms with E-state index in [9.17, 15) is 81.5 Å². The average molecular weight is 1860 g/mol. The number of nitrogens with zero attached hydrogens (tertiary/aromatic N) is 1. The van der Waals surface area contributed by atoms with Gasteiger partial charge in [-0.3, -0.25) is 81.5 Å². The Morgan fingerprint density at radius 1 is 0.457 bits per heavy atom. The van der Waals surface area contributed by atoms with E-state index < -0.39 is 193 Å². The van der Waals surface area contributed by atoms with Crippen LogP contribution in [0.2, 0.25) is 0 Å². The maximum atomic E-state index is 10.4. The highest BCUT2D eigenvalue weighted by Gasteiger charge is 2.23. The molecule has 2 heterocycles. The van der Waals surface area contributed by atoms with Crippen LogP contribution in [0.15, 0.2) is 42.9 Å². The molecule has 0 unspecified atom stereocenters. The number of aromatic amines is 1. The van der Waals surface area contributed by atoms with Crippen LogP contribution in [0.1, 0.15) is 157 Å². The number of thioether (sulfide) groups is 1. The number of amides is 1. The minimum absolute atomic E-state index is 0.0208. The Bertz CT molecular complexity index is 3220. The van der Waals surface area contributed by atoms with E-state index in [0.717, 1.165) is 55.7 Å². The van der Waals surface area contributed by atoms with Crippen LogP contribution in [0.4, 0.5) is 0 Å². The number of aliphatic carboxylic acids is 16. The quantitative estimate of drug-likeness (QED) is 0.0276. The zero-order chi connectivity index (χ0) is 102. The molecule has 0 saturated carbocycles. The van der Waals surface area contributed by atoms with Gasteiger partial charge in [-0.25, -0.2) is 4.98 Å². The third-order valence-electron chi connectivity index (χ3n) is 14.8. The fourth-order valence-electron chi connectivity index (χ4n) is 6.47. The van der Waals surface area contributed by atoms with Crippen molar-refractivity contribution in [3.63, 3.8) is 0 Å². The second-order valence-electron chi connectivity index (χ2n) is 27.3. The van der Waals surface area contributed by atoms with Gasteiger partial charge in [0.05, 0.1) is 19.0 Å². The number of aliphatic hydroxyl groups excluding tert-OH is 2. The van der Waals surface area contributed by atoms with Crippen LogP contribution >= 0.6 is 11.8 Å². The molecule has 0 aliphatic carbocycles. The molecule has 1 aliphatic rings. The summed E-state index contributed by atoms with van der Waals surface area (Å²) in [5.74, 6) is -15.4. The highest BCUT2D eigenvalue weighted by molar-refractivity contribution is 7.98. The molecule has 53 nitrogen and oxygen atoms in total. The van der Waals surface area contributed by atoms with Crippen LogP contribution in [0, 0.1) is 17.8 Å². The molecule has 2 aromatic rings. The predicted molar refractivity (Wildman–Crippen MR) is 460 cm³/mol. The number of H-pyrrole nitrogens is 1. The maximum absolute atomic E-state index is 10.4. The second kappa shape index (κ2) is 87.2. The summed E-state index contributed by atoms with van der Waals surface area (Å²) in [6, 6.07) is -2.19. The molecule has 54 heteroatoms. The summed E-state index contributed by atoms with van der Waals surface area (Å²) < 4.78 is 0. The molecule has 1 aromatic heterocycles. The van der Waals surface area contributed by atoms with Crippen molar-refractivity contribution in [2.45, 2.75) is 249 Å². The molecule has 1 fully saturated rings. The van der Waals surface area contributed by atoms with E-state index >= 15 is 0 Å². The third kappa shape index (κ3) is 104. The molecule has 1 aromatic carbocycles. The van der Waals surface area contributed by atoms with Crippen molar-refractivity contribution >= 4 is 113 Å². The molecule has 0 radical (unpaired) electrons. The molecule has 3 rings (SSSR count). The Balaban J connectivity index is -0.000000127. The summed E-state index contributed by atoms with van der Waals surface area (Å²) >= 11 is 1.60. The summed E-state index contributed by atoms with van der Waals surface area (Å²) in [5.41, 5.74) is 77.9. The molecular weight excluding hydrogens is 1720 g/mol. The monoisotopic (exact) mass is 1860 g/mol. The van der Waals surface area contributed by atoms with Crippen molar-refractivity contribution in [2.24, 2.45) is 104 Å². The van der Waals surface area contributed by atoms with E-state index in [1.807, 2.05) is 64.3 Å². The van der Waals surface area contributed by atoms with E-state index in [-0.39, 0.29) is 62.8 Å². The first-order valence-corrected chi connectivity index (χ1v) is 39.6. The van der Waals surface area contributed by atoms with Crippen LogP contribution in [-0.2, 0) is 94.3 Å². The standard InChI is InChI=1S/C9H11NO2.C6H9N3O2.C6H14N2O2.2C6H13NO2.C5H10N2O3.2C5H9NO4.C5H11NO2S.C5H9NO2.C5H11NO2.C4H9NO3.C3H7NO3.C3H7NO2/c10-8(9(11)12)6-7-4-2-1-3-5-7;7-5(6(10)11)1-4-2-8-3-9-4;7-4-2-1-3-5(8)6(9)10;1-4(2)3-5(7)6(8)9;1-3-4(2)5(7)6(8)9;3*6-3(5(9)10)1-2-4(7)8;1-9-3-2-4(6)5(7)8;7-5(8)4-2-1-3-6-4;1-3(2)4(6)5(7)8;1-2(6)3(5)4(7)8;4-2(1-5)3(6)7;1-2(4)3(5)6/h1-5,8H,6,10H2,(H,11,12);2-3,5H,1,7H2,(H,8,9)(H,10,11);5H,1-4,7-8H2,(H,9,10);2*4-5H,3,7H2,1-2H3,(H,8,9);3H,1-2,6H2,(H2,7,8)(H,9,10);2*3H,1-2,6H2,(H,7,8)(H,9,10);4H,2-3,6H2,1H3,(H,7,8);4,6H,1-3H2,(H,7,8);3-4H,6H2,1-2H3,(H,7,8);2-3,6H,5H2,1H3,(H,7,8);2,5H,1,4H2,(H,6,7);2H,4H2,1H3,(H,5,6)/t8-;3*5-;4-,5-;3*3-;3*4-;2-,3+;2*2-/m00000000000100/s1. The van der Waals surface area contributed by atoms with Crippen molar-refractivity contribution in [2.75, 3.05) is 31.7 Å². The molecular formula is C73H142N18O35S. The van der Waals surface area contributed by atoms with Crippen molar-refractivity contribution in [1.82, 2.24) is 15.3 Å².